The van der Waals surface area contributed by atoms with Gasteiger partial charge in [0.15, 0.2) is 0 Å². The van der Waals surface area contributed by atoms with Gasteiger partial charge in [-0.25, -0.2) is 0 Å². The first kappa shape index (κ1) is 13.9. The number of halogens is 1. The van der Waals surface area contributed by atoms with E-state index in [0.717, 1.165) is 23.4 Å². The Morgan fingerprint density at radius 2 is 1.75 bits per heavy atom. The first-order valence-corrected chi connectivity index (χ1v) is 8.09. The predicted octanol–water partition coefficient (Wildman–Crippen LogP) is 4.89. The smallest absolute Gasteiger partial charge is 0.310 e. The summed E-state index contributed by atoms with van der Waals surface area (Å²) in [5.41, 5.74) is 3.42. The van der Waals surface area contributed by atoms with Crippen LogP contribution in [-0.4, -0.2) is 11.1 Å². The van der Waals surface area contributed by atoms with Crippen molar-refractivity contribution in [2.75, 3.05) is 0 Å². The molecule has 2 aliphatic rings. The lowest BCUT2D eigenvalue weighted by atomic mass is 9.89. The average molecular weight is 293 g/mol. The Morgan fingerprint density at radius 1 is 1.05 bits per heavy atom. The molecule has 108 valence electrons. The van der Waals surface area contributed by atoms with Crippen molar-refractivity contribution >= 4 is 17.6 Å². The Labute approximate surface area is 125 Å². The third kappa shape index (κ3) is 2.58. The van der Waals surface area contributed by atoms with Gasteiger partial charge in [0, 0.05) is 5.02 Å². The van der Waals surface area contributed by atoms with E-state index in [1.54, 1.807) is 0 Å². The zero-order valence-corrected chi connectivity index (χ0v) is 12.5. The molecule has 1 unspecified atom stereocenters. The second-order valence-corrected chi connectivity index (χ2v) is 6.60. The van der Waals surface area contributed by atoms with Crippen LogP contribution in [0.25, 0.3) is 0 Å². The van der Waals surface area contributed by atoms with E-state index in [1.807, 2.05) is 6.07 Å². The fraction of sp³-hybridized carbons (Fsp3) is 0.588. The first-order valence-electron chi connectivity index (χ1n) is 7.72. The second kappa shape index (κ2) is 5.77. The molecule has 0 amide bonds. The molecule has 0 saturated heterocycles. The normalized spacial score (nSPS) is 23.4. The lowest BCUT2D eigenvalue weighted by Crippen LogP contribution is -2.08. The fourth-order valence-corrected chi connectivity index (χ4v) is 4.13. The fourth-order valence-electron chi connectivity index (χ4n) is 3.81. The Kier molecular flexibility index (Phi) is 4.02. The molecule has 3 heteroatoms. The van der Waals surface area contributed by atoms with Gasteiger partial charge in [0.25, 0.3) is 0 Å². The quantitative estimate of drug-likeness (QED) is 0.788. The van der Waals surface area contributed by atoms with Crippen LogP contribution in [0.3, 0.4) is 0 Å². The van der Waals surface area contributed by atoms with Crippen molar-refractivity contribution in [3.63, 3.8) is 0 Å². The summed E-state index contributed by atoms with van der Waals surface area (Å²) in [6.07, 6.45) is 9.28. The van der Waals surface area contributed by atoms with E-state index in [1.165, 1.54) is 49.7 Å². The van der Waals surface area contributed by atoms with E-state index in [2.05, 4.69) is 6.07 Å². The third-order valence-electron chi connectivity index (χ3n) is 4.93. The van der Waals surface area contributed by atoms with Crippen LogP contribution in [0.5, 0.6) is 0 Å². The largest absolute Gasteiger partial charge is 0.481 e. The molecule has 0 spiro atoms. The third-order valence-corrected chi connectivity index (χ3v) is 5.26. The number of carboxylic acid groups (broad SMARTS) is 1. The van der Waals surface area contributed by atoms with Gasteiger partial charge in [0.2, 0.25) is 0 Å². The number of carboxylic acids is 1. The van der Waals surface area contributed by atoms with Gasteiger partial charge in [-0.15, -0.1) is 0 Å². The molecule has 2 aliphatic carbocycles. The summed E-state index contributed by atoms with van der Waals surface area (Å²) in [5, 5.41) is 10.0. The van der Waals surface area contributed by atoms with Crippen molar-refractivity contribution in [1.82, 2.24) is 0 Å². The number of rotatable bonds is 2. The first-order chi connectivity index (χ1) is 9.66. The SMILES string of the molecule is O=C(O)C1CCc2cc(C3CCCCCC3)c(Cl)cc21. The van der Waals surface area contributed by atoms with Crippen LogP contribution in [0.4, 0.5) is 0 Å². The monoisotopic (exact) mass is 292 g/mol. The Balaban J connectivity index is 1.92. The number of hydrogen-bond donors (Lipinski definition) is 1. The highest BCUT2D eigenvalue weighted by atomic mass is 35.5. The van der Waals surface area contributed by atoms with Crippen LogP contribution < -0.4 is 0 Å². The van der Waals surface area contributed by atoms with Crippen LogP contribution in [0, 0.1) is 0 Å². The number of fused-ring (bicyclic) bond motifs is 1. The van der Waals surface area contributed by atoms with E-state index in [0.29, 0.717) is 5.92 Å². The molecule has 3 rings (SSSR count). The van der Waals surface area contributed by atoms with Gasteiger partial charge in [-0.3, -0.25) is 4.79 Å². The summed E-state index contributed by atoms with van der Waals surface area (Å²) in [6.45, 7) is 0. The molecule has 1 atom stereocenters. The molecule has 1 N–H and O–H groups in total. The molecule has 0 bridgehead atoms. The van der Waals surface area contributed by atoms with Crippen LogP contribution in [0.15, 0.2) is 12.1 Å². The van der Waals surface area contributed by atoms with E-state index >= 15 is 0 Å². The number of hydrogen-bond acceptors (Lipinski definition) is 1. The number of aliphatic carboxylic acids is 1. The summed E-state index contributed by atoms with van der Waals surface area (Å²) in [6, 6.07) is 4.14. The summed E-state index contributed by atoms with van der Waals surface area (Å²) in [5.74, 6) is -0.508. The van der Waals surface area contributed by atoms with E-state index in [-0.39, 0.29) is 5.92 Å². The van der Waals surface area contributed by atoms with E-state index < -0.39 is 5.97 Å². The summed E-state index contributed by atoms with van der Waals surface area (Å²) in [7, 11) is 0. The molecule has 0 radical (unpaired) electrons. The highest BCUT2D eigenvalue weighted by Gasteiger charge is 2.30. The summed E-state index contributed by atoms with van der Waals surface area (Å²) >= 11 is 6.47. The standard InChI is InChI=1S/C17H21ClO2/c18-16-10-14-12(7-8-13(14)17(19)20)9-15(16)11-5-3-1-2-4-6-11/h9-11,13H,1-8H2,(H,19,20). The van der Waals surface area contributed by atoms with Gasteiger partial charge in [0.1, 0.15) is 0 Å². The molecule has 1 aromatic carbocycles. The van der Waals surface area contributed by atoms with Crippen molar-refractivity contribution in [3.05, 3.63) is 33.8 Å². The topological polar surface area (TPSA) is 37.3 Å². The molecule has 0 aliphatic heterocycles. The molecule has 1 saturated carbocycles. The van der Waals surface area contributed by atoms with Gasteiger partial charge in [0.05, 0.1) is 5.92 Å². The highest BCUT2D eigenvalue weighted by Crippen LogP contribution is 2.41. The van der Waals surface area contributed by atoms with Gasteiger partial charge in [-0.2, -0.15) is 0 Å². The maximum atomic E-state index is 11.3. The molecule has 0 aromatic heterocycles. The minimum atomic E-state index is -0.720. The lowest BCUT2D eigenvalue weighted by molar-refractivity contribution is -0.138. The molecule has 0 heterocycles. The van der Waals surface area contributed by atoms with Crippen LogP contribution >= 0.6 is 11.6 Å². The highest BCUT2D eigenvalue weighted by molar-refractivity contribution is 6.31. The maximum Gasteiger partial charge on any atom is 0.310 e. The second-order valence-electron chi connectivity index (χ2n) is 6.19. The average Bonchev–Trinajstić information content (AvgIpc) is 2.65. The van der Waals surface area contributed by atoms with Gasteiger partial charge >= 0.3 is 5.97 Å². The molecule has 20 heavy (non-hydrogen) atoms. The lowest BCUT2D eigenvalue weighted by Gasteiger charge is -2.18. The van der Waals surface area contributed by atoms with Crippen LogP contribution in [0.2, 0.25) is 5.02 Å². The Hall–Kier alpha value is -1.02. The van der Waals surface area contributed by atoms with Crippen molar-refractivity contribution in [2.24, 2.45) is 0 Å². The van der Waals surface area contributed by atoms with Crippen LogP contribution in [-0.2, 0) is 11.2 Å². The van der Waals surface area contributed by atoms with Crippen molar-refractivity contribution in [1.29, 1.82) is 0 Å². The van der Waals surface area contributed by atoms with Gasteiger partial charge < -0.3 is 5.11 Å². The molecular formula is C17H21ClO2. The van der Waals surface area contributed by atoms with Gasteiger partial charge in [-0.05, 0) is 54.4 Å². The predicted molar refractivity (Wildman–Crippen MR) is 80.6 cm³/mol. The van der Waals surface area contributed by atoms with Crippen molar-refractivity contribution in [2.45, 2.75) is 63.2 Å². The van der Waals surface area contributed by atoms with Gasteiger partial charge in [-0.1, -0.05) is 43.4 Å². The summed E-state index contributed by atoms with van der Waals surface area (Å²) in [4.78, 5) is 11.3. The molecular weight excluding hydrogens is 272 g/mol. The minimum Gasteiger partial charge on any atom is -0.481 e. The Bertz CT molecular complexity index is 516. The van der Waals surface area contributed by atoms with E-state index in [9.17, 15) is 9.90 Å². The van der Waals surface area contributed by atoms with Crippen molar-refractivity contribution < 1.29 is 9.90 Å². The Morgan fingerprint density at radius 3 is 2.40 bits per heavy atom. The molecule has 1 aromatic rings. The summed E-state index contributed by atoms with van der Waals surface area (Å²) < 4.78 is 0. The molecule has 2 nitrogen and oxygen atoms in total. The maximum absolute atomic E-state index is 11.3. The minimum absolute atomic E-state index is 0.356. The van der Waals surface area contributed by atoms with Crippen molar-refractivity contribution in [3.8, 4) is 0 Å². The van der Waals surface area contributed by atoms with Crippen LogP contribution in [0.1, 0.15) is 73.5 Å². The van der Waals surface area contributed by atoms with E-state index in [4.69, 9.17) is 11.6 Å². The number of aryl methyl sites for hydroxylation is 1. The molecule has 1 fully saturated rings. The zero-order valence-electron chi connectivity index (χ0n) is 11.7. The zero-order chi connectivity index (χ0) is 14.1. The number of benzene rings is 1. The number of carbonyl (C=O) groups is 1.